The zero-order valence-corrected chi connectivity index (χ0v) is 20.2. The van der Waals surface area contributed by atoms with Crippen molar-refractivity contribution in [3.8, 4) is 0 Å². The van der Waals surface area contributed by atoms with Crippen molar-refractivity contribution >= 4 is 26.0 Å². The van der Waals surface area contributed by atoms with Gasteiger partial charge < -0.3 is 19.6 Å². The van der Waals surface area contributed by atoms with E-state index in [0.29, 0.717) is 17.0 Å². The predicted octanol–water partition coefficient (Wildman–Crippen LogP) is 5.68. The maximum atomic E-state index is 12.1. The summed E-state index contributed by atoms with van der Waals surface area (Å²) in [6.07, 6.45) is -1.32. The summed E-state index contributed by atoms with van der Waals surface area (Å²) in [5, 5.41) is 14.0. The van der Waals surface area contributed by atoms with Crippen LogP contribution in [0.15, 0.2) is 24.3 Å². The van der Waals surface area contributed by atoms with Crippen molar-refractivity contribution in [2.24, 2.45) is 0 Å². The number of rotatable bonds is 7. The van der Waals surface area contributed by atoms with Crippen LogP contribution in [0.25, 0.3) is 0 Å². The van der Waals surface area contributed by atoms with Gasteiger partial charge >= 0.3 is 6.09 Å². The lowest BCUT2D eigenvalue weighted by Gasteiger charge is -2.40. The molecule has 0 aliphatic carbocycles. The quantitative estimate of drug-likeness (QED) is 0.547. The van der Waals surface area contributed by atoms with Gasteiger partial charge in [0.15, 0.2) is 8.32 Å². The van der Waals surface area contributed by atoms with Crippen LogP contribution >= 0.6 is 11.6 Å². The number of alkyl carbamates (subject to hydrolysis) is 1. The molecule has 2 atom stereocenters. The van der Waals surface area contributed by atoms with Gasteiger partial charge in [0.25, 0.3) is 0 Å². The predicted molar refractivity (Wildman–Crippen MR) is 117 cm³/mol. The first kappa shape index (κ1) is 25.0. The summed E-state index contributed by atoms with van der Waals surface area (Å²) in [7, 11) is -2.10. The Balaban J connectivity index is 2.91. The van der Waals surface area contributed by atoms with E-state index < -0.39 is 26.1 Å². The molecule has 0 radical (unpaired) electrons. The lowest BCUT2D eigenvalue weighted by molar-refractivity contribution is 0.0453. The third-order valence-corrected chi connectivity index (χ3v) is 9.77. The second-order valence-corrected chi connectivity index (χ2v) is 14.8. The van der Waals surface area contributed by atoms with E-state index >= 15 is 0 Å². The fraction of sp³-hybridized carbons (Fsp3) is 0.667. The monoisotopic (exact) mass is 429 g/mol. The highest BCUT2D eigenvalue weighted by Crippen LogP contribution is 2.38. The Labute approximate surface area is 175 Å². The Morgan fingerprint density at radius 3 is 2.25 bits per heavy atom. The van der Waals surface area contributed by atoms with Gasteiger partial charge in [-0.3, -0.25) is 0 Å². The minimum absolute atomic E-state index is 0.00646. The molecule has 2 N–H and O–H groups in total. The highest BCUT2D eigenvalue weighted by atomic mass is 35.5. The first-order valence-electron chi connectivity index (χ1n) is 9.69. The van der Waals surface area contributed by atoms with Crippen molar-refractivity contribution in [3.63, 3.8) is 0 Å². The summed E-state index contributed by atoms with van der Waals surface area (Å²) in [5.74, 6) is 0. The lowest BCUT2D eigenvalue weighted by atomic mass is 10.0. The topological polar surface area (TPSA) is 67.8 Å². The fourth-order valence-corrected chi connectivity index (χ4v) is 4.03. The SMILES string of the molecule is CC(C)(C)OC(=O)NC[C@H](CC(O)c1ccccc1Cl)O[Si](C)(C)C(C)(C)C. The molecule has 0 aliphatic heterocycles. The molecule has 5 nitrogen and oxygen atoms in total. The number of amides is 1. The Morgan fingerprint density at radius 2 is 1.75 bits per heavy atom. The molecule has 28 heavy (non-hydrogen) atoms. The van der Waals surface area contributed by atoms with Crippen LogP contribution in [-0.4, -0.2) is 37.8 Å². The number of nitrogens with one attached hydrogen (secondary N) is 1. The average molecular weight is 430 g/mol. The third kappa shape index (κ3) is 8.11. The Kier molecular flexibility index (Phi) is 8.57. The number of aliphatic hydroxyl groups excluding tert-OH is 1. The molecule has 0 saturated heterocycles. The summed E-state index contributed by atoms with van der Waals surface area (Å²) in [6.45, 7) is 16.5. The van der Waals surface area contributed by atoms with Crippen molar-refractivity contribution in [3.05, 3.63) is 34.9 Å². The zero-order chi connectivity index (χ0) is 21.8. The van der Waals surface area contributed by atoms with Crippen LogP contribution in [0.5, 0.6) is 0 Å². The van der Waals surface area contributed by atoms with Crippen molar-refractivity contribution < 1.29 is 19.1 Å². The van der Waals surface area contributed by atoms with Gasteiger partial charge in [-0.1, -0.05) is 50.6 Å². The van der Waals surface area contributed by atoms with Gasteiger partial charge in [-0.25, -0.2) is 4.79 Å². The van der Waals surface area contributed by atoms with E-state index in [0.717, 1.165) is 0 Å². The van der Waals surface area contributed by atoms with E-state index in [1.54, 1.807) is 12.1 Å². The minimum atomic E-state index is -2.10. The molecule has 1 amide bonds. The summed E-state index contributed by atoms with van der Waals surface area (Å²) in [5.41, 5.74) is 0.0852. The van der Waals surface area contributed by atoms with Gasteiger partial charge in [-0.15, -0.1) is 0 Å². The van der Waals surface area contributed by atoms with Crippen LogP contribution in [0.3, 0.4) is 0 Å². The first-order chi connectivity index (χ1) is 12.6. The Bertz CT molecular complexity index is 653. The van der Waals surface area contributed by atoms with Crippen LogP contribution < -0.4 is 5.32 Å². The first-order valence-corrected chi connectivity index (χ1v) is 13.0. The van der Waals surface area contributed by atoms with Gasteiger partial charge in [0.05, 0.1) is 12.2 Å². The smallest absolute Gasteiger partial charge is 0.407 e. The van der Waals surface area contributed by atoms with E-state index in [1.807, 2.05) is 32.9 Å². The van der Waals surface area contributed by atoms with Gasteiger partial charge in [-0.05, 0) is 50.5 Å². The summed E-state index contributed by atoms with van der Waals surface area (Å²) < 4.78 is 11.8. The number of aliphatic hydroxyl groups is 1. The molecule has 160 valence electrons. The normalized spacial score (nSPS) is 15.1. The molecule has 1 unspecified atom stereocenters. The highest BCUT2D eigenvalue weighted by Gasteiger charge is 2.39. The molecule has 1 aromatic rings. The number of halogens is 1. The van der Waals surface area contributed by atoms with Crippen LogP contribution in [0.1, 0.15) is 59.6 Å². The average Bonchev–Trinajstić information content (AvgIpc) is 2.50. The molecule has 0 aromatic heterocycles. The summed E-state index contributed by atoms with van der Waals surface area (Å²) in [4.78, 5) is 12.1. The molecule has 0 saturated carbocycles. The van der Waals surface area contributed by atoms with E-state index in [9.17, 15) is 9.90 Å². The second-order valence-electron chi connectivity index (χ2n) is 9.66. The van der Waals surface area contributed by atoms with Crippen LogP contribution in [0.2, 0.25) is 23.2 Å². The van der Waals surface area contributed by atoms with E-state index in [1.165, 1.54) is 0 Å². The number of carbonyl (C=O) groups excluding carboxylic acids is 1. The molecule has 0 spiro atoms. The van der Waals surface area contributed by atoms with E-state index in [2.05, 4.69) is 39.2 Å². The Hall–Kier alpha value is -1.08. The molecule has 1 aromatic carbocycles. The Morgan fingerprint density at radius 1 is 1.18 bits per heavy atom. The third-order valence-electron chi connectivity index (χ3n) is 4.89. The minimum Gasteiger partial charge on any atom is -0.444 e. The van der Waals surface area contributed by atoms with E-state index in [4.69, 9.17) is 20.8 Å². The van der Waals surface area contributed by atoms with Crippen molar-refractivity contribution in [2.45, 2.75) is 83.9 Å². The van der Waals surface area contributed by atoms with Crippen LogP contribution in [0.4, 0.5) is 4.79 Å². The largest absolute Gasteiger partial charge is 0.444 e. The lowest BCUT2D eigenvalue weighted by Crippen LogP contribution is -2.47. The number of benzene rings is 1. The van der Waals surface area contributed by atoms with Crippen LogP contribution in [0, 0.1) is 0 Å². The number of hydrogen-bond acceptors (Lipinski definition) is 4. The van der Waals surface area contributed by atoms with E-state index in [-0.39, 0.29) is 17.7 Å². The van der Waals surface area contributed by atoms with Gasteiger partial charge in [0.1, 0.15) is 5.60 Å². The van der Waals surface area contributed by atoms with Crippen molar-refractivity contribution in [1.29, 1.82) is 0 Å². The molecule has 0 aliphatic rings. The number of carbonyl (C=O) groups is 1. The van der Waals surface area contributed by atoms with Crippen molar-refractivity contribution in [2.75, 3.05) is 6.54 Å². The van der Waals surface area contributed by atoms with Gasteiger partial charge in [-0.2, -0.15) is 0 Å². The maximum absolute atomic E-state index is 12.1. The summed E-state index contributed by atoms with van der Waals surface area (Å²) in [6, 6.07) is 7.22. The molecule has 1 rings (SSSR count). The fourth-order valence-electron chi connectivity index (χ4n) is 2.40. The van der Waals surface area contributed by atoms with Gasteiger partial charge in [0.2, 0.25) is 0 Å². The molecular weight excluding hydrogens is 394 g/mol. The molecule has 0 bridgehead atoms. The van der Waals surface area contributed by atoms with Gasteiger partial charge in [0, 0.05) is 18.0 Å². The number of ether oxygens (including phenoxy) is 1. The standard InChI is InChI=1S/C21H36ClNO4Si/c1-20(2,3)26-19(25)23-14-15(27-28(7,8)21(4,5)6)13-18(24)16-11-9-10-12-17(16)22/h9-12,15,18,24H,13-14H2,1-8H3,(H,23,25)/t15-,18?/m0/s1. The summed E-state index contributed by atoms with van der Waals surface area (Å²) >= 11 is 6.23. The highest BCUT2D eigenvalue weighted by molar-refractivity contribution is 6.74. The number of hydrogen-bond donors (Lipinski definition) is 2. The molecule has 0 fully saturated rings. The molecule has 0 heterocycles. The molecule has 7 heteroatoms. The zero-order valence-electron chi connectivity index (χ0n) is 18.4. The van der Waals surface area contributed by atoms with Crippen molar-refractivity contribution in [1.82, 2.24) is 5.32 Å². The second kappa shape index (κ2) is 9.61. The molecular formula is C21H36ClNO4Si. The maximum Gasteiger partial charge on any atom is 0.407 e. The van der Waals surface area contributed by atoms with Crippen LogP contribution in [-0.2, 0) is 9.16 Å².